The number of carbonyl (C=O) groups excluding carboxylic acids is 1. The third-order valence-corrected chi connectivity index (χ3v) is 3.51. The minimum absolute atomic E-state index is 0.000278. The van der Waals surface area contributed by atoms with Gasteiger partial charge in [0.25, 0.3) is 0 Å². The second-order valence-corrected chi connectivity index (χ2v) is 5.26. The normalized spacial score (nSPS) is 13.4. The van der Waals surface area contributed by atoms with Gasteiger partial charge in [0.2, 0.25) is 0 Å². The van der Waals surface area contributed by atoms with Gasteiger partial charge in [-0.15, -0.1) is 0 Å². The number of carbonyl (C=O) groups is 1. The molecule has 0 aliphatic carbocycles. The Labute approximate surface area is 117 Å². The molecule has 0 N–H and O–H groups in total. The van der Waals surface area contributed by atoms with Crippen molar-refractivity contribution < 1.29 is 9.53 Å². The van der Waals surface area contributed by atoms with Gasteiger partial charge in [-0.1, -0.05) is 23.7 Å². The van der Waals surface area contributed by atoms with Gasteiger partial charge >= 0.3 is 0 Å². The van der Waals surface area contributed by atoms with Crippen LogP contribution in [0.4, 0.5) is 0 Å². The van der Waals surface area contributed by atoms with Crippen LogP contribution in [0.15, 0.2) is 36.4 Å². The Kier molecular flexibility index (Phi) is 3.13. The van der Waals surface area contributed by atoms with Crippen molar-refractivity contribution in [1.82, 2.24) is 0 Å². The second-order valence-electron chi connectivity index (χ2n) is 4.82. The summed E-state index contributed by atoms with van der Waals surface area (Å²) in [7, 11) is 0. The van der Waals surface area contributed by atoms with E-state index in [-0.39, 0.29) is 5.78 Å². The van der Waals surface area contributed by atoms with Crippen LogP contribution in [0.3, 0.4) is 0 Å². The van der Waals surface area contributed by atoms with Crippen LogP contribution in [-0.4, -0.2) is 5.78 Å². The number of hydrogen-bond donors (Lipinski definition) is 0. The van der Waals surface area contributed by atoms with Crippen molar-refractivity contribution in [1.29, 1.82) is 0 Å². The molecule has 3 heteroatoms. The van der Waals surface area contributed by atoms with E-state index >= 15 is 0 Å². The zero-order valence-electron chi connectivity index (χ0n) is 10.6. The summed E-state index contributed by atoms with van der Waals surface area (Å²) in [6.45, 7) is 3.16. The van der Waals surface area contributed by atoms with Gasteiger partial charge in [0.15, 0.2) is 5.78 Å². The Morgan fingerprint density at radius 3 is 2.63 bits per heavy atom. The minimum Gasteiger partial charge on any atom is -0.372 e. The van der Waals surface area contributed by atoms with Gasteiger partial charge in [0.05, 0.1) is 13.2 Å². The van der Waals surface area contributed by atoms with Gasteiger partial charge in [0, 0.05) is 16.1 Å². The van der Waals surface area contributed by atoms with Crippen molar-refractivity contribution in [3.05, 3.63) is 69.2 Å². The molecular weight excluding hydrogens is 260 g/mol. The van der Waals surface area contributed by atoms with E-state index in [4.69, 9.17) is 16.3 Å². The van der Waals surface area contributed by atoms with E-state index in [0.29, 0.717) is 29.4 Å². The van der Waals surface area contributed by atoms with Gasteiger partial charge in [-0.2, -0.15) is 0 Å². The molecule has 3 rings (SSSR count). The highest BCUT2D eigenvalue weighted by Crippen LogP contribution is 2.23. The predicted molar refractivity (Wildman–Crippen MR) is 74.6 cm³/mol. The topological polar surface area (TPSA) is 26.3 Å². The number of fused-ring (bicyclic) bond motifs is 1. The fourth-order valence-corrected chi connectivity index (χ4v) is 2.64. The van der Waals surface area contributed by atoms with Gasteiger partial charge in [-0.05, 0) is 47.9 Å². The van der Waals surface area contributed by atoms with Gasteiger partial charge < -0.3 is 4.74 Å². The summed E-state index contributed by atoms with van der Waals surface area (Å²) >= 11 is 6.00. The molecule has 1 aliphatic heterocycles. The Bertz CT molecular complexity index is 642. The van der Waals surface area contributed by atoms with Crippen molar-refractivity contribution in [3.63, 3.8) is 0 Å². The number of hydrogen-bond acceptors (Lipinski definition) is 2. The van der Waals surface area contributed by atoms with E-state index in [1.807, 2.05) is 37.3 Å². The summed E-state index contributed by atoms with van der Waals surface area (Å²) < 4.78 is 5.36. The molecule has 0 spiro atoms. The van der Waals surface area contributed by atoms with Crippen LogP contribution in [0.5, 0.6) is 0 Å². The van der Waals surface area contributed by atoms with Crippen LogP contribution in [0.25, 0.3) is 0 Å². The van der Waals surface area contributed by atoms with Crippen LogP contribution < -0.4 is 0 Å². The van der Waals surface area contributed by atoms with Crippen molar-refractivity contribution in [2.45, 2.75) is 20.1 Å². The average molecular weight is 273 g/mol. The largest absolute Gasteiger partial charge is 0.372 e. The predicted octanol–water partition coefficient (Wildman–Crippen LogP) is 3.91. The zero-order chi connectivity index (χ0) is 13.4. The molecular formula is C16H13ClO2. The van der Waals surface area contributed by atoms with Gasteiger partial charge in [0.1, 0.15) is 0 Å². The van der Waals surface area contributed by atoms with E-state index in [1.165, 1.54) is 5.56 Å². The molecule has 0 radical (unpaired) electrons. The highest BCUT2D eigenvalue weighted by molar-refractivity contribution is 6.31. The van der Waals surface area contributed by atoms with E-state index < -0.39 is 0 Å². The highest BCUT2D eigenvalue weighted by atomic mass is 35.5. The molecule has 0 atom stereocenters. The average Bonchev–Trinajstić information content (AvgIpc) is 2.83. The maximum Gasteiger partial charge on any atom is 0.193 e. The standard InChI is InChI=1S/C16H13ClO2/c1-10-4-13(7-15(17)5-10)16(18)11-2-3-12-8-19-9-14(12)6-11/h2-7H,8-9H2,1H3. The number of aryl methyl sites for hydroxylation is 1. The molecule has 19 heavy (non-hydrogen) atoms. The fraction of sp³-hybridized carbons (Fsp3) is 0.188. The van der Waals surface area contributed by atoms with Gasteiger partial charge in [-0.3, -0.25) is 4.79 Å². The van der Waals surface area contributed by atoms with E-state index in [2.05, 4.69) is 0 Å². The van der Waals surface area contributed by atoms with Crippen LogP contribution in [0, 0.1) is 6.92 Å². The molecule has 0 aromatic heterocycles. The zero-order valence-corrected chi connectivity index (χ0v) is 11.3. The minimum atomic E-state index is 0.000278. The third kappa shape index (κ3) is 2.42. The van der Waals surface area contributed by atoms with Crippen LogP contribution >= 0.6 is 11.6 Å². The van der Waals surface area contributed by atoms with Crippen LogP contribution in [0.2, 0.25) is 5.02 Å². The van der Waals surface area contributed by atoms with Crippen molar-refractivity contribution in [2.24, 2.45) is 0 Å². The second kappa shape index (κ2) is 4.80. The first-order valence-electron chi connectivity index (χ1n) is 6.15. The summed E-state index contributed by atoms with van der Waals surface area (Å²) in [6.07, 6.45) is 0. The molecule has 2 aromatic carbocycles. The third-order valence-electron chi connectivity index (χ3n) is 3.29. The Morgan fingerprint density at radius 1 is 1.05 bits per heavy atom. The number of ether oxygens (including phenoxy) is 1. The Hall–Kier alpha value is -1.64. The van der Waals surface area contributed by atoms with E-state index in [9.17, 15) is 4.79 Å². The molecule has 1 heterocycles. The summed E-state index contributed by atoms with van der Waals surface area (Å²) in [6, 6.07) is 11.1. The lowest BCUT2D eigenvalue weighted by Gasteiger charge is -2.05. The first-order valence-corrected chi connectivity index (χ1v) is 6.53. The first-order chi connectivity index (χ1) is 9.13. The quantitative estimate of drug-likeness (QED) is 0.775. The monoisotopic (exact) mass is 272 g/mol. The van der Waals surface area contributed by atoms with Crippen molar-refractivity contribution in [3.8, 4) is 0 Å². The molecule has 1 aliphatic rings. The highest BCUT2D eigenvalue weighted by Gasteiger charge is 2.15. The van der Waals surface area contributed by atoms with Crippen LogP contribution in [0.1, 0.15) is 32.6 Å². The lowest BCUT2D eigenvalue weighted by atomic mass is 9.98. The van der Waals surface area contributed by atoms with Crippen molar-refractivity contribution >= 4 is 17.4 Å². The number of ketones is 1. The summed E-state index contributed by atoms with van der Waals surface area (Å²) in [5.41, 5.74) is 4.57. The lowest BCUT2D eigenvalue weighted by Crippen LogP contribution is -2.02. The molecule has 0 fully saturated rings. The smallest absolute Gasteiger partial charge is 0.193 e. The molecule has 0 amide bonds. The molecule has 0 saturated heterocycles. The lowest BCUT2D eigenvalue weighted by molar-refractivity contribution is 0.103. The van der Waals surface area contributed by atoms with E-state index in [1.54, 1.807) is 6.07 Å². The fourth-order valence-electron chi connectivity index (χ4n) is 2.35. The number of halogens is 1. The Balaban J connectivity index is 1.99. The molecule has 2 aromatic rings. The summed E-state index contributed by atoms with van der Waals surface area (Å²) in [5.74, 6) is 0.000278. The summed E-state index contributed by atoms with van der Waals surface area (Å²) in [5, 5.41) is 0.591. The van der Waals surface area contributed by atoms with Gasteiger partial charge in [-0.25, -0.2) is 0 Å². The van der Waals surface area contributed by atoms with E-state index in [0.717, 1.165) is 11.1 Å². The SMILES string of the molecule is Cc1cc(Cl)cc(C(=O)c2ccc3c(c2)COC3)c1. The molecule has 96 valence electrons. The Morgan fingerprint density at radius 2 is 1.84 bits per heavy atom. The maximum absolute atomic E-state index is 12.5. The molecule has 0 saturated carbocycles. The van der Waals surface area contributed by atoms with Crippen molar-refractivity contribution in [2.75, 3.05) is 0 Å². The molecule has 0 bridgehead atoms. The van der Waals surface area contributed by atoms with Crippen LogP contribution in [-0.2, 0) is 18.0 Å². The maximum atomic E-state index is 12.5. The first kappa shape index (κ1) is 12.4. The number of rotatable bonds is 2. The summed E-state index contributed by atoms with van der Waals surface area (Å²) in [4.78, 5) is 12.5. The number of benzene rings is 2. The molecule has 0 unspecified atom stereocenters. The molecule has 2 nitrogen and oxygen atoms in total.